The number of hydrogen-bond acceptors (Lipinski definition) is 4. The first-order chi connectivity index (χ1) is 10.0. The number of ether oxygens (including phenoxy) is 1. The van der Waals surface area contributed by atoms with Crippen molar-refractivity contribution in [1.29, 1.82) is 0 Å². The quantitative estimate of drug-likeness (QED) is 0.786. The molecule has 3 fully saturated rings. The number of β-amino-alcohol motifs (C(OH)–C–C–N with tert-alkyl or cyclic N) is 1. The molecule has 1 spiro atoms. The summed E-state index contributed by atoms with van der Waals surface area (Å²) in [6.45, 7) is 1.14. The van der Waals surface area contributed by atoms with E-state index in [1.54, 1.807) is 0 Å². The number of rotatable bonds is 2. The van der Waals surface area contributed by atoms with Crippen molar-refractivity contribution < 1.29 is 19.4 Å². The Bertz CT molecular complexity index is 420. The van der Waals surface area contributed by atoms with E-state index < -0.39 is 11.0 Å². The molecule has 118 valence electrons. The Morgan fingerprint density at radius 2 is 1.62 bits per heavy atom. The summed E-state index contributed by atoms with van der Waals surface area (Å²) in [7, 11) is 0. The second-order valence-electron chi connectivity index (χ2n) is 6.99. The Morgan fingerprint density at radius 3 is 2.24 bits per heavy atom. The minimum atomic E-state index is -0.959. The number of amides is 2. The molecule has 0 radical (unpaired) electrons. The van der Waals surface area contributed by atoms with Gasteiger partial charge in [0.1, 0.15) is 0 Å². The molecule has 2 saturated heterocycles. The average Bonchev–Trinajstić information content (AvgIpc) is 2.64. The fraction of sp³-hybridized carbons (Fsp3) is 0.875. The molecule has 0 aromatic heterocycles. The zero-order chi connectivity index (χ0) is 14.9. The van der Waals surface area contributed by atoms with Crippen LogP contribution in [0, 0.1) is 5.41 Å². The van der Waals surface area contributed by atoms with Crippen LogP contribution in [-0.2, 0) is 14.3 Å². The van der Waals surface area contributed by atoms with Gasteiger partial charge in [0.25, 0.3) is 0 Å². The molecule has 1 N–H and O–H groups in total. The zero-order valence-electron chi connectivity index (χ0n) is 12.6. The van der Waals surface area contributed by atoms with Gasteiger partial charge in [0, 0.05) is 32.5 Å². The van der Waals surface area contributed by atoms with E-state index in [1.807, 2.05) is 0 Å². The number of nitrogens with zero attached hydrogens (tertiary/aromatic N) is 1. The summed E-state index contributed by atoms with van der Waals surface area (Å²) in [5.74, 6) is -0.129. The molecule has 1 saturated carbocycles. The van der Waals surface area contributed by atoms with Crippen molar-refractivity contribution in [3.8, 4) is 0 Å². The lowest BCUT2D eigenvalue weighted by atomic mass is 9.79. The van der Waals surface area contributed by atoms with E-state index in [0.717, 1.165) is 38.5 Å². The number of hydrogen-bond donors (Lipinski definition) is 1. The van der Waals surface area contributed by atoms with E-state index in [9.17, 15) is 14.7 Å². The van der Waals surface area contributed by atoms with E-state index in [0.29, 0.717) is 32.5 Å². The normalized spacial score (nSPS) is 28.9. The highest BCUT2D eigenvalue weighted by molar-refractivity contribution is 6.06. The molecule has 0 atom stereocenters. The maximum absolute atomic E-state index is 12.8. The molecule has 0 bridgehead atoms. The molecule has 2 heterocycles. The van der Waals surface area contributed by atoms with E-state index >= 15 is 0 Å². The largest absolute Gasteiger partial charge is 0.388 e. The highest BCUT2D eigenvalue weighted by Gasteiger charge is 2.52. The summed E-state index contributed by atoms with van der Waals surface area (Å²) in [6.07, 6.45) is 7.38. The van der Waals surface area contributed by atoms with Crippen LogP contribution in [-0.4, -0.2) is 47.2 Å². The third-order valence-electron chi connectivity index (χ3n) is 5.43. The van der Waals surface area contributed by atoms with Gasteiger partial charge in [-0.2, -0.15) is 0 Å². The lowest BCUT2D eigenvalue weighted by Crippen LogP contribution is -2.49. The second-order valence-corrected chi connectivity index (χ2v) is 6.99. The monoisotopic (exact) mass is 295 g/mol. The van der Waals surface area contributed by atoms with Gasteiger partial charge < -0.3 is 9.84 Å². The number of likely N-dealkylation sites (tertiary alicyclic amines) is 1. The molecule has 5 heteroatoms. The summed E-state index contributed by atoms with van der Waals surface area (Å²) in [6, 6.07) is 0. The summed E-state index contributed by atoms with van der Waals surface area (Å²) in [5, 5.41) is 10.6. The van der Waals surface area contributed by atoms with E-state index in [-0.39, 0.29) is 18.4 Å². The van der Waals surface area contributed by atoms with Gasteiger partial charge >= 0.3 is 0 Å². The SMILES string of the molecule is O=C1CC2(CCCCCC2)C(=O)N1CC1(O)CCOCC1. The Hall–Kier alpha value is -0.940. The van der Waals surface area contributed by atoms with Gasteiger partial charge in [-0.25, -0.2) is 0 Å². The number of carbonyl (C=O) groups is 2. The Labute approximate surface area is 125 Å². The van der Waals surface area contributed by atoms with Gasteiger partial charge in [0.2, 0.25) is 11.8 Å². The highest BCUT2D eigenvalue weighted by Crippen LogP contribution is 2.44. The van der Waals surface area contributed by atoms with Crippen molar-refractivity contribution in [3.63, 3.8) is 0 Å². The van der Waals surface area contributed by atoms with Gasteiger partial charge in [-0.05, 0) is 12.8 Å². The van der Waals surface area contributed by atoms with Crippen molar-refractivity contribution in [2.75, 3.05) is 19.8 Å². The van der Waals surface area contributed by atoms with Crippen molar-refractivity contribution in [1.82, 2.24) is 4.90 Å². The van der Waals surface area contributed by atoms with Gasteiger partial charge in [0.15, 0.2) is 0 Å². The first-order valence-electron chi connectivity index (χ1n) is 8.20. The van der Waals surface area contributed by atoms with E-state index in [2.05, 4.69) is 0 Å². The van der Waals surface area contributed by atoms with Crippen LogP contribution < -0.4 is 0 Å². The fourth-order valence-electron chi connectivity index (χ4n) is 4.02. The summed E-state index contributed by atoms with van der Waals surface area (Å²) < 4.78 is 5.26. The van der Waals surface area contributed by atoms with Gasteiger partial charge in [0.05, 0.1) is 17.6 Å². The molecule has 1 aliphatic carbocycles. The van der Waals surface area contributed by atoms with Crippen molar-refractivity contribution in [2.24, 2.45) is 5.41 Å². The topological polar surface area (TPSA) is 66.8 Å². The zero-order valence-corrected chi connectivity index (χ0v) is 12.6. The molecule has 3 rings (SSSR count). The molecular weight excluding hydrogens is 270 g/mol. The maximum atomic E-state index is 12.8. The first-order valence-corrected chi connectivity index (χ1v) is 8.20. The van der Waals surface area contributed by atoms with Crippen LogP contribution in [0.1, 0.15) is 57.8 Å². The van der Waals surface area contributed by atoms with Gasteiger partial charge in [-0.15, -0.1) is 0 Å². The Morgan fingerprint density at radius 1 is 1.00 bits per heavy atom. The number of carbonyl (C=O) groups excluding carboxylic acids is 2. The highest BCUT2D eigenvalue weighted by atomic mass is 16.5. The molecule has 2 amide bonds. The smallest absolute Gasteiger partial charge is 0.236 e. The van der Waals surface area contributed by atoms with Crippen LogP contribution in [0.5, 0.6) is 0 Å². The summed E-state index contributed by atoms with van der Waals surface area (Å²) >= 11 is 0. The van der Waals surface area contributed by atoms with Gasteiger partial charge in [-0.1, -0.05) is 25.7 Å². The lowest BCUT2D eigenvalue weighted by Gasteiger charge is -2.35. The molecule has 3 aliphatic rings. The van der Waals surface area contributed by atoms with Crippen molar-refractivity contribution in [3.05, 3.63) is 0 Å². The Kier molecular flexibility index (Phi) is 4.06. The van der Waals surface area contributed by atoms with Crippen LogP contribution in [0.2, 0.25) is 0 Å². The molecule has 5 nitrogen and oxygen atoms in total. The lowest BCUT2D eigenvalue weighted by molar-refractivity contribution is -0.149. The van der Waals surface area contributed by atoms with Crippen LogP contribution in [0.25, 0.3) is 0 Å². The van der Waals surface area contributed by atoms with Crippen LogP contribution in [0.4, 0.5) is 0 Å². The van der Waals surface area contributed by atoms with Crippen LogP contribution >= 0.6 is 0 Å². The molecule has 2 aliphatic heterocycles. The van der Waals surface area contributed by atoms with Crippen LogP contribution in [0.15, 0.2) is 0 Å². The minimum absolute atomic E-state index is 0.0330. The first kappa shape index (κ1) is 15.0. The Balaban J connectivity index is 1.74. The maximum Gasteiger partial charge on any atom is 0.236 e. The molecule has 21 heavy (non-hydrogen) atoms. The standard InChI is InChI=1S/C16H25NO4/c18-13-11-15(5-3-1-2-4-6-15)14(19)17(13)12-16(20)7-9-21-10-8-16/h20H,1-12H2. The van der Waals surface area contributed by atoms with Crippen LogP contribution in [0.3, 0.4) is 0 Å². The summed E-state index contributed by atoms with van der Waals surface area (Å²) in [4.78, 5) is 26.5. The second kappa shape index (κ2) is 5.69. The molecule has 0 aromatic rings. The van der Waals surface area contributed by atoms with Gasteiger partial charge in [-0.3, -0.25) is 14.5 Å². The third-order valence-corrected chi connectivity index (χ3v) is 5.43. The van der Waals surface area contributed by atoms with E-state index in [4.69, 9.17) is 4.74 Å². The number of aliphatic hydroxyl groups is 1. The molecule has 0 unspecified atom stereocenters. The van der Waals surface area contributed by atoms with Crippen molar-refractivity contribution in [2.45, 2.75) is 63.4 Å². The predicted octanol–water partition coefficient (Wildman–Crippen LogP) is 1.63. The average molecular weight is 295 g/mol. The summed E-state index contributed by atoms with van der Waals surface area (Å²) in [5.41, 5.74) is -1.42. The molecular formula is C16H25NO4. The minimum Gasteiger partial charge on any atom is -0.388 e. The van der Waals surface area contributed by atoms with E-state index in [1.165, 1.54) is 4.90 Å². The van der Waals surface area contributed by atoms with Crippen molar-refractivity contribution >= 4 is 11.8 Å². The fourth-order valence-corrected chi connectivity index (χ4v) is 4.02. The molecule has 0 aromatic carbocycles. The predicted molar refractivity (Wildman–Crippen MR) is 76.5 cm³/mol. The third kappa shape index (κ3) is 2.86. The number of imide groups is 1.